The third-order valence-corrected chi connectivity index (χ3v) is 12.6. The number of fused-ring (bicyclic) bond motifs is 11. The fourth-order valence-corrected chi connectivity index (χ4v) is 9.86. The molecule has 13 rings (SSSR count). The SMILES string of the molecule is c1ccc(-n2c3ccccc3c3cc4c5cc(-c6ccc7c(c6)c6ccccc6n7-c6ccc7ccccc7c6)ccc5n(-c5ccc6ccccc6c5)c4cc32)cc1. The molecule has 0 fully saturated rings. The highest BCUT2D eigenvalue weighted by Crippen LogP contribution is 2.42. The number of rotatable bonds is 4. The van der Waals surface area contributed by atoms with Gasteiger partial charge in [0.2, 0.25) is 0 Å². The molecule has 0 aliphatic heterocycles. The largest absolute Gasteiger partial charge is 0.309 e. The van der Waals surface area contributed by atoms with Crippen molar-refractivity contribution in [3.05, 3.63) is 212 Å². The molecule has 3 aromatic heterocycles. The molecule has 3 nitrogen and oxygen atoms in total. The Labute approximate surface area is 339 Å². The van der Waals surface area contributed by atoms with Gasteiger partial charge in [-0.2, -0.15) is 0 Å². The normalized spacial score (nSPS) is 12.1. The topological polar surface area (TPSA) is 14.8 Å². The van der Waals surface area contributed by atoms with Gasteiger partial charge in [-0.25, -0.2) is 0 Å². The zero-order chi connectivity index (χ0) is 38.6. The standard InChI is InChI=1S/C56H35N3/c1-2-16-42(17-3-1)57-51-20-10-9-19-46(51)49-34-50-48-33-41(25-29-54(48)59(56(50)35-55(49)57)44-27-23-37-13-5-7-15-39(37)31-44)40-24-28-53-47(32-40)45-18-8-11-21-52(45)58(53)43-26-22-36-12-4-6-14-38(36)30-43/h1-35H. The lowest BCUT2D eigenvalue weighted by molar-refractivity contribution is 1.17. The van der Waals surface area contributed by atoms with Crippen LogP contribution in [-0.4, -0.2) is 13.7 Å². The van der Waals surface area contributed by atoms with Crippen molar-refractivity contribution in [1.29, 1.82) is 0 Å². The maximum absolute atomic E-state index is 2.47. The van der Waals surface area contributed by atoms with Gasteiger partial charge >= 0.3 is 0 Å². The first-order valence-corrected chi connectivity index (χ1v) is 20.3. The third-order valence-electron chi connectivity index (χ3n) is 12.6. The van der Waals surface area contributed by atoms with E-state index in [1.807, 2.05) is 0 Å². The van der Waals surface area contributed by atoms with Crippen LogP contribution in [0.4, 0.5) is 0 Å². The molecule has 3 heteroatoms. The Morgan fingerprint density at radius 2 is 0.610 bits per heavy atom. The first kappa shape index (κ1) is 32.2. The van der Waals surface area contributed by atoms with Crippen molar-refractivity contribution in [3.8, 4) is 28.2 Å². The highest BCUT2D eigenvalue weighted by Gasteiger charge is 2.20. The van der Waals surface area contributed by atoms with Gasteiger partial charge in [-0.15, -0.1) is 0 Å². The average molecular weight is 750 g/mol. The molecule has 0 bridgehead atoms. The summed E-state index contributed by atoms with van der Waals surface area (Å²) in [6.45, 7) is 0. The summed E-state index contributed by atoms with van der Waals surface area (Å²) in [7, 11) is 0. The van der Waals surface area contributed by atoms with E-state index in [1.165, 1.54) is 104 Å². The van der Waals surface area contributed by atoms with Gasteiger partial charge in [0.1, 0.15) is 0 Å². The Morgan fingerprint density at radius 3 is 1.19 bits per heavy atom. The van der Waals surface area contributed by atoms with E-state index in [4.69, 9.17) is 0 Å². The molecule has 0 saturated carbocycles. The number of aromatic nitrogens is 3. The summed E-state index contributed by atoms with van der Waals surface area (Å²) in [5.74, 6) is 0. The highest BCUT2D eigenvalue weighted by molar-refractivity contribution is 6.20. The van der Waals surface area contributed by atoms with Gasteiger partial charge in [-0.05, 0) is 118 Å². The molecule has 0 atom stereocenters. The minimum Gasteiger partial charge on any atom is -0.309 e. The zero-order valence-corrected chi connectivity index (χ0v) is 32.0. The van der Waals surface area contributed by atoms with E-state index in [2.05, 4.69) is 226 Å². The zero-order valence-electron chi connectivity index (χ0n) is 32.0. The van der Waals surface area contributed by atoms with E-state index in [-0.39, 0.29) is 0 Å². The molecule has 0 spiro atoms. The van der Waals surface area contributed by atoms with Crippen LogP contribution in [0.2, 0.25) is 0 Å². The quantitative estimate of drug-likeness (QED) is 0.170. The van der Waals surface area contributed by atoms with Crippen LogP contribution in [0.15, 0.2) is 212 Å². The van der Waals surface area contributed by atoms with Crippen molar-refractivity contribution >= 4 is 87.0 Å². The van der Waals surface area contributed by atoms with Crippen molar-refractivity contribution in [3.63, 3.8) is 0 Å². The van der Waals surface area contributed by atoms with Crippen LogP contribution >= 0.6 is 0 Å². The second kappa shape index (κ2) is 12.3. The molecule has 0 amide bonds. The van der Waals surface area contributed by atoms with Crippen LogP contribution in [0, 0.1) is 0 Å². The lowest BCUT2D eigenvalue weighted by atomic mass is 10.00. The lowest BCUT2D eigenvalue weighted by Gasteiger charge is -2.11. The van der Waals surface area contributed by atoms with E-state index in [0.717, 1.165) is 11.4 Å². The van der Waals surface area contributed by atoms with Crippen LogP contribution in [-0.2, 0) is 0 Å². The predicted molar refractivity (Wildman–Crippen MR) is 250 cm³/mol. The highest BCUT2D eigenvalue weighted by atomic mass is 15.0. The van der Waals surface area contributed by atoms with Gasteiger partial charge < -0.3 is 13.7 Å². The third kappa shape index (κ3) is 4.76. The molecule has 10 aromatic carbocycles. The minimum atomic E-state index is 1.15. The maximum atomic E-state index is 2.47. The van der Waals surface area contributed by atoms with Crippen molar-refractivity contribution in [1.82, 2.24) is 13.7 Å². The summed E-state index contributed by atoms with van der Waals surface area (Å²) in [4.78, 5) is 0. The summed E-state index contributed by atoms with van der Waals surface area (Å²) >= 11 is 0. The number of hydrogen-bond donors (Lipinski definition) is 0. The van der Waals surface area contributed by atoms with Crippen LogP contribution in [0.5, 0.6) is 0 Å². The van der Waals surface area contributed by atoms with Crippen molar-refractivity contribution in [2.45, 2.75) is 0 Å². The van der Waals surface area contributed by atoms with E-state index in [0.29, 0.717) is 0 Å². The van der Waals surface area contributed by atoms with E-state index >= 15 is 0 Å². The van der Waals surface area contributed by atoms with Crippen molar-refractivity contribution in [2.75, 3.05) is 0 Å². The Bertz CT molecular complexity index is 3840. The summed E-state index contributed by atoms with van der Waals surface area (Å²) < 4.78 is 7.30. The molecular weight excluding hydrogens is 715 g/mol. The summed E-state index contributed by atoms with van der Waals surface area (Å²) in [6.07, 6.45) is 0. The Balaban J connectivity index is 1.07. The van der Waals surface area contributed by atoms with Gasteiger partial charge in [0, 0.05) is 49.4 Å². The van der Waals surface area contributed by atoms with Crippen LogP contribution in [0.25, 0.3) is 115 Å². The first-order chi connectivity index (χ1) is 29.2. The number of hydrogen-bond acceptors (Lipinski definition) is 0. The molecule has 274 valence electrons. The Kier molecular flexibility index (Phi) is 6.72. The second-order valence-corrected chi connectivity index (χ2v) is 15.8. The number of nitrogens with zero attached hydrogens (tertiary/aromatic N) is 3. The maximum Gasteiger partial charge on any atom is 0.0562 e. The lowest BCUT2D eigenvalue weighted by Crippen LogP contribution is -1.96. The summed E-state index contributed by atoms with van der Waals surface area (Å²) in [6, 6.07) is 78.2. The molecule has 59 heavy (non-hydrogen) atoms. The molecule has 0 unspecified atom stereocenters. The molecule has 3 heterocycles. The monoisotopic (exact) mass is 749 g/mol. The van der Waals surface area contributed by atoms with E-state index in [9.17, 15) is 0 Å². The molecule has 0 N–H and O–H groups in total. The second-order valence-electron chi connectivity index (χ2n) is 15.8. The minimum absolute atomic E-state index is 1.15. The van der Waals surface area contributed by atoms with Crippen molar-refractivity contribution in [2.24, 2.45) is 0 Å². The predicted octanol–water partition coefficient (Wildman–Crippen LogP) is 15.0. The molecule has 0 radical (unpaired) electrons. The Hall–Kier alpha value is -7.88. The Morgan fingerprint density at radius 1 is 0.203 bits per heavy atom. The van der Waals surface area contributed by atoms with Crippen LogP contribution in [0.1, 0.15) is 0 Å². The summed E-state index contributed by atoms with van der Waals surface area (Å²) in [5, 5.41) is 12.5. The van der Waals surface area contributed by atoms with Gasteiger partial charge in [-0.3, -0.25) is 0 Å². The van der Waals surface area contributed by atoms with Crippen LogP contribution < -0.4 is 0 Å². The van der Waals surface area contributed by atoms with Crippen molar-refractivity contribution < 1.29 is 0 Å². The number of benzene rings is 10. The van der Waals surface area contributed by atoms with E-state index < -0.39 is 0 Å². The van der Waals surface area contributed by atoms with Gasteiger partial charge in [0.25, 0.3) is 0 Å². The van der Waals surface area contributed by atoms with Gasteiger partial charge in [-0.1, -0.05) is 127 Å². The molecule has 0 aliphatic carbocycles. The average Bonchev–Trinajstić information content (AvgIpc) is 3.93. The first-order valence-electron chi connectivity index (χ1n) is 20.3. The molecule has 13 aromatic rings. The van der Waals surface area contributed by atoms with Crippen LogP contribution in [0.3, 0.4) is 0 Å². The summed E-state index contributed by atoms with van der Waals surface area (Å²) in [5.41, 5.74) is 13.1. The fraction of sp³-hybridized carbons (Fsp3) is 0. The molecule has 0 saturated heterocycles. The fourth-order valence-electron chi connectivity index (χ4n) is 9.86. The molecule has 0 aliphatic rings. The smallest absolute Gasteiger partial charge is 0.0562 e. The van der Waals surface area contributed by atoms with Gasteiger partial charge in [0.05, 0.1) is 33.1 Å². The number of para-hydroxylation sites is 3. The van der Waals surface area contributed by atoms with E-state index in [1.54, 1.807) is 0 Å². The molecular formula is C56H35N3. The van der Waals surface area contributed by atoms with Gasteiger partial charge in [0.15, 0.2) is 0 Å².